The lowest BCUT2D eigenvalue weighted by Gasteiger charge is -2.18. The smallest absolute Gasteiger partial charge is 0.262 e. The number of halogens is 1. The summed E-state index contributed by atoms with van der Waals surface area (Å²) in [7, 11) is 0. The Morgan fingerprint density at radius 3 is 1.94 bits per heavy atom. The van der Waals surface area contributed by atoms with Crippen molar-refractivity contribution in [2.75, 3.05) is 30.5 Å². The van der Waals surface area contributed by atoms with Crippen molar-refractivity contribution in [2.24, 2.45) is 0 Å². The van der Waals surface area contributed by atoms with Gasteiger partial charge in [-0.05, 0) is 54.0 Å². The van der Waals surface area contributed by atoms with E-state index in [9.17, 15) is 9.59 Å². The van der Waals surface area contributed by atoms with E-state index in [-0.39, 0.29) is 18.4 Å². The zero-order chi connectivity index (χ0) is 23.6. The molecule has 3 aromatic rings. The van der Waals surface area contributed by atoms with Crippen LogP contribution in [0.25, 0.3) is 0 Å². The molecule has 0 atom stereocenters. The predicted molar refractivity (Wildman–Crippen MR) is 131 cm³/mol. The van der Waals surface area contributed by atoms with Crippen LogP contribution >= 0.6 is 15.9 Å². The highest BCUT2D eigenvalue weighted by molar-refractivity contribution is 9.10. The average molecular weight is 513 g/mol. The Labute approximate surface area is 201 Å². The summed E-state index contributed by atoms with van der Waals surface area (Å²) in [5.74, 6) is 0.727. The molecule has 0 spiro atoms. The topological polar surface area (TPSA) is 85.9 Å². The van der Waals surface area contributed by atoms with E-state index < -0.39 is 0 Å². The molecule has 0 radical (unpaired) electrons. The lowest BCUT2D eigenvalue weighted by molar-refractivity contribution is -0.118. The summed E-state index contributed by atoms with van der Waals surface area (Å²) >= 11 is 3.39. The average Bonchev–Trinajstić information content (AvgIpc) is 2.82. The van der Waals surface area contributed by atoms with Crippen LogP contribution in [0, 0.1) is 0 Å². The Kier molecular flexibility index (Phi) is 8.71. The minimum absolute atomic E-state index is 0.190. The summed E-state index contributed by atoms with van der Waals surface area (Å²) in [6.07, 6.45) is 0. The van der Waals surface area contributed by atoms with Crippen molar-refractivity contribution in [3.05, 3.63) is 76.8 Å². The lowest BCUT2D eigenvalue weighted by Crippen LogP contribution is -2.21. The van der Waals surface area contributed by atoms with Crippen molar-refractivity contribution < 1.29 is 23.8 Å². The second-order valence-corrected chi connectivity index (χ2v) is 7.65. The van der Waals surface area contributed by atoms with Crippen LogP contribution in [0.5, 0.6) is 17.2 Å². The van der Waals surface area contributed by atoms with Gasteiger partial charge in [-0.25, -0.2) is 0 Å². The van der Waals surface area contributed by atoms with Crippen molar-refractivity contribution >= 4 is 39.1 Å². The van der Waals surface area contributed by atoms with E-state index >= 15 is 0 Å². The van der Waals surface area contributed by atoms with Gasteiger partial charge in [0.2, 0.25) is 0 Å². The molecule has 0 aliphatic heterocycles. The fourth-order valence-electron chi connectivity index (χ4n) is 2.98. The van der Waals surface area contributed by atoms with Gasteiger partial charge >= 0.3 is 0 Å². The SMILES string of the molecule is CCOc1cc(NC(=O)c2ccccc2)c(OCC)cc1NC(=O)COc1ccccc1Br. The van der Waals surface area contributed by atoms with Crippen molar-refractivity contribution in [3.63, 3.8) is 0 Å². The number of para-hydroxylation sites is 1. The number of hydrogen-bond acceptors (Lipinski definition) is 5. The number of rotatable bonds is 10. The molecule has 0 aliphatic rings. The molecule has 172 valence electrons. The number of carbonyl (C=O) groups excluding carboxylic acids is 2. The first kappa shape index (κ1) is 24.1. The maximum Gasteiger partial charge on any atom is 0.262 e. The molecule has 0 heterocycles. The van der Waals surface area contributed by atoms with Gasteiger partial charge in [-0.2, -0.15) is 0 Å². The molecular formula is C25H25BrN2O5. The van der Waals surface area contributed by atoms with Gasteiger partial charge in [0.15, 0.2) is 6.61 Å². The monoisotopic (exact) mass is 512 g/mol. The standard InChI is InChI=1S/C25H25BrN2O5/c1-3-31-22-15-20(28-25(30)17-10-6-5-7-11-17)23(32-4-2)14-19(22)27-24(29)16-33-21-13-9-8-12-18(21)26/h5-15H,3-4,16H2,1-2H3,(H,27,29)(H,28,30). The second kappa shape index (κ2) is 11.9. The van der Waals surface area contributed by atoms with Crippen LogP contribution < -0.4 is 24.8 Å². The first-order chi connectivity index (χ1) is 16.0. The van der Waals surface area contributed by atoms with Gasteiger partial charge in [-0.15, -0.1) is 0 Å². The van der Waals surface area contributed by atoms with Crippen LogP contribution in [0.4, 0.5) is 11.4 Å². The molecule has 0 unspecified atom stereocenters. The summed E-state index contributed by atoms with van der Waals surface area (Å²) in [5, 5.41) is 5.66. The molecule has 7 nitrogen and oxygen atoms in total. The zero-order valence-electron chi connectivity index (χ0n) is 18.4. The van der Waals surface area contributed by atoms with Crippen LogP contribution in [-0.2, 0) is 4.79 Å². The van der Waals surface area contributed by atoms with Crippen molar-refractivity contribution in [1.29, 1.82) is 0 Å². The molecule has 0 bridgehead atoms. The van der Waals surface area contributed by atoms with E-state index in [0.717, 1.165) is 4.47 Å². The summed E-state index contributed by atoms with van der Waals surface area (Å²) < 4.78 is 17.8. The predicted octanol–water partition coefficient (Wildman–Crippen LogP) is 5.52. The molecular weight excluding hydrogens is 488 g/mol. The van der Waals surface area contributed by atoms with Gasteiger partial charge < -0.3 is 24.8 Å². The van der Waals surface area contributed by atoms with Gasteiger partial charge in [0, 0.05) is 17.7 Å². The molecule has 0 fully saturated rings. The Balaban J connectivity index is 1.80. The normalized spacial score (nSPS) is 10.3. The van der Waals surface area contributed by atoms with E-state index in [1.165, 1.54) is 0 Å². The maximum atomic E-state index is 12.7. The van der Waals surface area contributed by atoms with E-state index in [2.05, 4.69) is 26.6 Å². The number of carbonyl (C=O) groups is 2. The molecule has 33 heavy (non-hydrogen) atoms. The Hall–Kier alpha value is -3.52. The summed E-state index contributed by atoms with van der Waals surface area (Å²) in [4.78, 5) is 25.2. The maximum absolute atomic E-state index is 12.7. The number of hydrogen-bond donors (Lipinski definition) is 2. The van der Waals surface area contributed by atoms with Crippen molar-refractivity contribution in [2.45, 2.75) is 13.8 Å². The molecule has 3 rings (SSSR count). The fraction of sp³-hybridized carbons (Fsp3) is 0.200. The lowest BCUT2D eigenvalue weighted by atomic mass is 10.2. The van der Waals surface area contributed by atoms with E-state index in [0.29, 0.717) is 47.4 Å². The second-order valence-electron chi connectivity index (χ2n) is 6.80. The zero-order valence-corrected chi connectivity index (χ0v) is 20.0. The third-order valence-electron chi connectivity index (χ3n) is 4.44. The molecule has 0 aromatic heterocycles. The van der Waals surface area contributed by atoms with Gasteiger partial charge in [0.05, 0.1) is 29.1 Å². The Morgan fingerprint density at radius 2 is 1.33 bits per heavy atom. The quantitative estimate of drug-likeness (QED) is 0.373. The molecule has 0 aliphatic carbocycles. The van der Waals surface area contributed by atoms with Crippen LogP contribution in [0.3, 0.4) is 0 Å². The van der Waals surface area contributed by atoms with Gasteiger partial charge in [-0.1, -0.05) is 30.3 Å². The molecule has 2 N–H and O–H groups in total. The highest BCUT2D eigenvalue weighted by Crippen LogP contribution is 2.37. The number of nitrogens with one attached hydrogen (secondary N) is 2. The van der Waals surface area contributed by atoms with Crippen LogP contribution in [-0.4, -0.2) is 31.6 Å². The van der Waals surface area contributed by atoms with Crippen LogP contribution in [0.2, 0.25) is 0 Å². The summed E-state index contributed by atoms with van der Waals surface area (Å²) in [6.45, 7) is 4.23. The van der Waals surface area contributed by atoms with E-state index in [1.54, 1.807) is 42.5 Å². The van der Waals surface area contributed by atoms with Gasteiger partial charge in [0.1, 0.15) is 17.2 Å². The first-order valence-corrected chi connectivity index (χ1v) is 11.3. The highest BCUT2D eigenvalue weighted by atomic mass is 79.9. The highest BCUT2D eigenvalue weighted by Gasteiger charge is 2.17. The fourth-order valence-corrected chi connectivity index (χ4v) is 3.38. The number of ether oxygens (including phenoxy) is 3. The van der Waals surface area contributed by atoms with E-state index in [4.69, 9.17) is 14.2 Å². The number of anilines is 2. The minimum Gasteiger partial charge on any atom is -0.492 e. The third-order valence-corrected chi connectivity index (χ3v) is 5.09. The van der Waals surface area contributed by atoms with Gasteiger partial charge in [0.25, 0.3) is 11.8 Å². The summed E-state index contributed by atoms with van der Waals surface area (Å²) in [5.41, 5.74) is 1.37. The van der Waals surface area contributed by atoms with Crippen molar-refractivity contribution in [1.82, 2.24) is 0 Å². The molecule has 8 heteroatoms. The number of amides is 2. The largest absolute Gasteiger partial charge is 0.492 e. The minimum atomic E-state index is -0.366. The van der Waals surface area contributed by atoms with Crippen molar-refractivity contribution in [3.8, 4) is 17.2 Å². The van der Waals surface area contributed by atoms with E-state index in [1.807, 2.05) is 38.1 Å². The first-order valence-electron chi connectivity index (χ1n) is 10.5. The molecule has 0 saturated heterocycles. The number of benzene rings is 3. The molecule has 3 aromatic carbocycles. The third kappa shape index (κ3) is 6.73. The molecule has 0 saturated carbocycles. The van der Waals surface area contributed by atoms with Gasteiger partial charge in [-0.3, -0.25) is 9.59 Å². The van der Waals surface area contributed by atoms with Crippen LogP contribution in [0.15, 0.2) is 71.2 Å². The Bertz CT molecular complexity index is 1110. The summed E-state index contributed by atoms with van der Waals surface area (Å²) in [6, 6.07) is 19.4. The Morgan fingerprint density at radius 1 is 0.758 bits per heavy atom. The molecule has 2 amide bonds. The van der Waals surface area contributed by atoms with Crippen LogP contribution in [0.1, 0.15) is 24.2 Å².